The largest absolute Gasteiger partial charge is 0.508 e. The third-order valence-electron chi connectivity index (χ3n) is 3.55. The lowest BCUT2D eigenvalue weighted by atomic mass is 10.2. The maximum Gasteiger partial charge on any atom is 0.224 e. The first-order chi connectivity index (χ1) is 11.6. The zero-order chi connectivity index (χ0) is 16.9. The molecule has 24 heavy (non-hydrogen) atoms. The molecule has 0 unspecified atom stereocenters. The molecule has 124 valence electrons. The number of rotatable bonds is 6. The molecule has 1 amide bonds. The molecule has 0 spiro atoms. The van der Waals surface area contributed by atoms with Crippen molar-refractivity contribution in [1.29, 1.82) is 0 Å². The lowest BCUT2D eigenvalue weighted by molar-refractivity contribution is -0.116. The van der Waals surface area contributed by atoms with Gasteiger partial charge in [0, 0.05) is 37.3 Å². The second-order valence-corrected chi connectivity index (χ2v) is 6.39. The van der Waals surface area contributed by atoms with E-state index in [-0.39, 0.29) is 11.7 Å². The van der Waals surface area contributed by atoms with Gasteiger partial charge in [-0.2, -0.15) is 0 Å². The van der Waals surface area contributed by atoms with E-state index in [2.05, 4.69) is 15.5 Å². The van der Waals surface area contributed by atoms with Gasteiger partial charge in [-0.3, -0.25) is 4.79 Å². The number of hydrogen-bond donors (Lipinski definition) is 2. The third-order valence-corrected chi connectivity index (χ3v) is 4.58. The molecule has 0 aliphatic heterocycles. The van der Waals surface area contributed by atoms with Crippen LogP contribution in [0.2, 0.25) is 0 Å². The predicted molar refractivity (Wildman–Crippen MR) is 94.1 cm³/mol. The first kappa shape index (κ1) is 16.2. The zero-order valence-corrected chi connectivity index (χ0v) is 14.1. The molecule has 1 aromatic carbocycles. The number of aryl methyl sites for hydroxylation is 2. The number of aromatic nitrogens is 3. The average molecular weight is 342 g/mol. The van der Waals surface area contributed by atoms with Crippen LogP contribution in [0.15, 0.2) is 42.7 Å². The van der Waals surface area contributed by atoms with Crippen molar-refractivity contribution in [3.8, 4) is 16.3 Å². The van der Waals surface area contributed by atoms with E-state index in [1.165, 1.54) is 11.3 Å². The number of amides is 1. The lowest BCUT2D eigenvalue weighted by Gasteiger charge is -2.01. The Kier molecular flexibility index (Phi) is 4.90. The number of hydrogen-bond acceptors (Lipinski definition) is 5. The van der Waals surface area contributed by atoms with Crippen molar-refractivity contribution in [1.82, 2.24) is 14.8 Å². The van der Waals surface area contributed by atoms with Crippen LogP contribution >= 0.6 is 11.3 Å². The maximum atomic E-state index is 12.0. The van der Waals surface area contributed by atoms with Gasteiger partial charge in [0.2, 0.25) is 5.91 Å². The van der Waals surface area contributed by atoms with Crippen LogP contribution in [0.1, 0.15) is 18.4 Å². The number of nitrogens with one attached hydrogen (secondary N) is 1. The van der Waals surface area contributed by atoms with Crippen LogP contribution in [0.3, 0.4) is 0 Å². The van der Waals surface area contributed by atoms with Crippen LogP contribution in [0.25, 0.3) is 10.6 Å². The summed E-state index contributed by atoms with van der Waals surface area (Å²) in [5.41, 5.74) is 1.71. The number of carbonyl (C=O) groups is 1. The van der Waals surface area contributed by atoms with Gasteiger partial charge in [0.05, 0.1) is 5.69 Å². The molecule has 0 atom stereocenters. The molecule has 7 heteroatoms. The monoisotopic (exact) mass is 342 g/mol. The number of aromatic hydroxyl groups is 1. The van der Waals surface area contributed by atoms with Crippen LogP contribution in [0.4, 0.5) is 5.69 Å². The summed E-state index contributed by atoms with van der Waals surface area (Å²) in [4.78, 5) is 12.0. The van der Waals surface area contributed by atoms with E-state index in [1.54, 1.807) is 24.3 Å². The molecule has 3 rings (SSSR count). The van der Waals surface area contributed by atoms with Gasteiger partial charge in [0.15, 0.2) is 0 Å². The number of phenols is 1. The van der Waals surface area contributed by atoms with Gasteiger partial charge >= 0.3 is 0 Å². The highest BCUT2D eigenvalue weighted by Gasteiger charge is 2.10. The number of nitrogens with zero attached hydrogens (tertiary/aromatic N) is 3. The average Bonchev–Trinajstić information content (AvgIpc) is 3.23. The first-order valence-corrected chi connectivity index (χ1v) is 8.53. The Hall–Kier alpha value is -2.67. The highest BCUT2D eigenvalue weighted by Crippen LogP contribution is 2.25. The minimum absolute atomic E-state index is 0.0368. The summed E-state index contributed by atoms with van der Waals surface area (Å²) >= 11 is 1.46. The molecule has 3 aromatic rings. The molecule has 0 saturated heterocycles. The van der Waals surface area contributed by atoms with Crippen LogP contribution in [0, 0.1) is 0 Å². The molecule has 2 N–H and O–H groups in total. The molecule has 0 fully saturated rings. The predicted octanol–water partition coefficient (Wildman–Crippen LogP) is 3.30. The minimum Gasteiger partial charge on any atom is -0.508 e. The summed E-state index contributed by atoms with van der Waals surface area (Å²) in [6, 6.07) is 8.71. The van der Waals surface area contributed by atoms with Gasteiger partial charge in [-0.15, -0.1) is 10.2 Å². The van der Waals surface area contributed by atoms with Crippen LogP contribution < -0.4 is 5.32 Å². The van der Waals surface area contributed by atoms with Crippen molar-refractivity contribution in [2.45, 2.75) is 26.3 Å². The number of anilines is 1. The zero-order valence-electron chi connectivity index (χ0n) is 13.3. The highest BCUT2D eigenvalue weighted by atomic mass is 32.1. The summed E-state index contributed by atoms with van der Waals surface area (Å²) in [5, 5.41) is 22.1. The Morgan fingerprint density at radius 2 is 2.04 bits per heavy atom. The van der Waals surface area contributed by atoms with E-state index in [1.807, 2.05) is 30.0 Å². The third kappa shape index (κ3) is 3.99. The van der Waals surface area contributed by atoms with Crippen molar-refractivity contribution in [2.24, 2.45) is 0 Å². The van der Waals surface area contributed by atoms with Gasteiger partial charge < -0.3 is 15.0 Å². The van der Waals surface area contributed by atoms with E-state index in [9.17, 15) is 9.90 Å². The van der Waals surface area contributed by atoms with Crippen molar-refractivity contribution in [3.05, 3.63) is 47.7 Å². The molecular formula is C17H18N4O2S. The topological polar surface area (TPSA) is 80.0 Å². The molecule has 2 aromatic heterocycles. The molecule has 0 bridgehead atoms. The molecule has 0 aliphatic rings. The van der Waals surface area contributed by atoms with Gasteiger partial charge in [-0.25, -0.2) is 0 Å². The second kappa shape index (κ2) is 7.27. The Morgan fingerprint density at radius 1 is 1.25 bits per heavy atom. The van der Waals surface area contributed by atoms with Crippen molar-refractivity contribution in [2.75, 3.05) is 5.32 Å². The second-order valence-electron chi connectivity index (χ2n) is 5.33. The highest BCUT2D eigenvalue weighted by molar-refractivity contribution is 7.14. The Balaban J connectivity index is 1.55. The smallest absolute Gasteiger partial charge is 0.224 e. The van der Waals surface area contributed by atoms with Crippen molar-refractivity contribution < 1.29 is 9.90 Å². The molecule has 2 heterocycles. The Labute approximate surface area is 143 Å². The molecule has 0 radical (unpaired) electrons. The quantitative estimate of drug-likeness (QED) is 0.720. The molecule has 6 nitrogen and oxygen atoms in total. The van der Waals surface area contributed by atoms with Crippen molar-refractivity contribution >= 4 is 22.9 Å². The van der Waals surface area contributed by atoms with Crippen LogP contribution in [-0.4, -0.2) is 25.8 Å². The first-order valence-electron chi connectivity index (χ1n) is 7.71. The molecular weight excluding hydrogens is 324 g/mol. The normalized spacial score (nSPS) is 10.7. The number of phenolic OH excluding ortho intramolecular Hbond substituents is 1. The summed E-state index contributed by atoms with van der Waals surface area (Å²) < 4.78 is 2.00. The van der Waals surface area contributed by atoms with Crippen LogP contribution in [-0.2, 0) is 17.8 Å². The van der Waals surface area contributed by atoms with E-state index in [0.29, 0.717) is 12.8 Å². The van der Waals surface area contributed by atoms with E-state index in [0.717, 1.165) is 27.8 Å². The van der Waals surface area contributed by atoms with E-state index in [4.69, 9.17) is 0 Å². The van der Waals surface area contributed by atoms with Crippen molar-refractivity contribution in [3.63, 3.8) is 0 Å². The summed E-state index contributed by atoms with van der Waals surface area (Å²) in [7, 11) is 0. The molecule has 0 aliphatic carbocycles. The lowest BCUT2D eigenvalue weighted by Crippen LogP contribution is -2.11. The fourth-order valence-corrected chi connectivity index (χ4v) is 3.08. The standard InChI is InChI=1S/C17H18N4O2S/c1-2-21-10-9-13(11-21)18-15(23)7-8-16-19-20-17(24-16)12-3-5-14(22)6-4-12/h3-6,9-11,22H,2,7-8H2,1H3,(H,18,23). The van der Waals surface area contributed by atoms with Gasteiger partial charge in [0.25, 0.3) is 0 Å². The fourth-order valence-electron chi connectivity index (χ4n) is 2.23. The summed E-state index contributed by atoms with van der Waals surface area (Å²) in [6.45, 7) is 2.92. The summed E-state index contributed by atoms with van der Waals surface area (Å²) in [5.74, 6) is 0.183. The van der Waals surface area contributed by atoms with Gasteiger partial charge in [-0.1, -0.05) is 11.3 Å². The fraction of sp³-hybridized carbons (Fsp3) is 0.235. The minimum atomic E-state index is -0.0368. The SMILES string of the molecule is CCn1ccc(NC(=O)CCc2nnc(-c3ccc(O)cc3)s2)c1. The Bertz CT molecular complexity index is 823. The van der Waals surface area contributed by atoms with Gasteiger partial charge in [0.1, 0.15) is 15.8 Å². The van der Waals surface area contributed by atoms with E-state index >= 15 is 0 Å². The van der Waals surface area contributed by atoms with Crippen LogP contribution in [0.5, 0.6) is 5.75 Å². The van der Waals surface area contributed by atoms with E-state index < -0.39 is 0 Å². The Morgan fingerprint density at radius 3 is 2.75 bits per heavy atom. The molecule has 0 saturated carbocycles. The number of carbonyl (C=O) groups excluding carboxylic acids is 1. The number of benzene rings is 1. The van der Waals surface area contributed by atoms with Gasteiger partial charge in [-0.05, 0) is 37.3 Å². The maximum absolute atomic E-state index is 12.0. The summed E-state index contributed by atoms with van der Waals surface area (Å²) in [6.07, 6.45) is 4.76.